The molecule has 1 aromatic heterocycles. The molecule has 2 aromatic rings. The van der Waals surface area contributed by atoms with Gasteiger partial charge >= 0.3 is 5.97 Å². The third-order valence-corrected chi connectivity index (χ3v) is 6.45. The van der Waals surface area contributed by atoms with Gasteiger partial charge in [0, 0.05) is 29.3 Å². The number of hydrogen-bond donors (Lipinski definition) is 8. The Hall–Kier alpha value is -3.09. The Morgan fingerprint density at radius 3 is 2.30 bits per heavy atom. The summed E-state index contributed by atoms with van der Waals surface area (Å²) in [7, 11) is 0. The fourth-order valence-electron chi connectivity index (χ4n) is 3.88. The highest BCUT2D eigenvalue weighted by atomic mass is 32.1. The molecule has 1 heterocycles. The van der Waals surface area contributed by atoms with Crippen molar-refractivity contribution in [1.29, 1.82) is 0 Å². The van der Waals surface area contributed by atoms with Crippen LogP contribution in [0.5, 0.6) is 0 Å². The number of rotatable bonds is 15. The van der Waals surface area contributed by atoms with Crippen LogP contribution in [-0.2, 0) is 25.6 Å². The zero-order valence-corrected chi connectivity index (χ0v) is 22.1. The molecule has 3 amide bonds. The molecule has 4 atom stereocenters. The molecular weight excluding hydrogens is 496 g/mol. The number of carbonyl (C=O) groups excluding carboxylic acids is 3. The van der Waals surface area contributed by atoms with E-state index in [0.717, 1.165) is 22.9 Å². The van der Waals surface area contributed by atoms with E-state index in [-0.39, 0.29) is 18.1 Å². The maximum absolute atomic E-state index is 13.3. The number of H-pyrrole nitrogens is 1. The molecular formula is C25H38N6O5S. The molecule has 11 nitrogen and oxygen atoms in total. The van der Waals surface area contributed by atoms with Crippen molar-refractivity contribution in [1.82, 2.24) is 20.9 Å². The van der Waals surface area contributed by atoms with E-state index in [4.69, 9.17) is 11.5 Å². The van der Waals surface area contributed by atoms with Gasteiger partial charge in [-0.05, 0) is 36.9 Å². The van der Waals surface area contributed by atoms with E-state index in [9.17, 15) is 24.3 Å². The fraction of sp³-hybridized carbons (Fsp3) is 0.520. The topological polar surface area (TPSA) is 192 Å². The number of para-hydroxylation sites is 1. The normalized spacial score (nSPS) is 14.5. The molecule has 0 saturated carbocycles. The van der Waals surface area contributed by atoms with Crippen LogP contribution in [-0.4, -0.2) is 70.2 Å². The van der Waals surface area contributed by atoms with Gasteiger partial charge in [-0.2, -0.15) is 12.6 Å². The second kappa shape index (κ2) is 14.6. The monoisotopic (exact) mass is 534 g/mol. The summed E-state index contributed by atoms with van der Waals surface area (Å²) in [5, 5.41) is 18.1. The number of aromatic amines is 1. The van der Waals surface area contributed by atoms with E-state index in [0.29, 0.717) is 19.4 Å². The Morgan fingerprint density at radius 2 is 1.68 bits per heavy atom. The number of hydrogen-bond acceptors (Lipinski definition) is 7. The number of aliphatic carboxylic acids is 1. The summed E-state index contributed by atoms with van der Waals surface area (Å²) in [4.78, 5) is 53.6. The molecule has 9 N–H and O–H groups in total. The van der Waals surface area contributed by atoms with Crippen molar-refractivity contribution < 1.29 is 24.3 Å². The summed E-state index contributed by atoms with van der Waals surface area (Å²) in [6.45, 7) is 4.03. The lowest BCUT2D eigenvalue weighted by Gasteiger charge is -2.27. The Balaban J connectivity index is 2.23. The predicted molar refractivity (Wildman–Crippen MR) is 145 cm³/mol. The van der Waals surface area contributed by atoms with Gasteiger partial charge in [0.25, 0.3) is 0 Å². The van der Waals surface area contributed by atoms with Crippen LogP contribution in [0, 0.1) is 5.92 Å². The van der Waals surface area contributed by atoms with Crippen LogP contribution in [0.4, 0.5) is 0 Å². The Morgan fingerprint density at radius 1 is 1.00 bits per heavy atom. The van der Waals surface area contributed by atoms with Gasteiger partial charge < -0.3 is 37.5 Å². The fourth-order valence-corrected chi connectivity index (χ4v) is 4.13. The van der Waals surface area contributed by atoms with Crippen molar-refractivity contribution in [3.63, 3.8) is 0 Å². The molecule has 0 saturated heterocycles. The number of fused-ring (bicyclic) bond motifs is 1. The van der Waals surface area contributed by atoms with Crippen molar-refractivity contribution >= 4 is 47.2 Å². The number of amides is 3. The predicted octanol–water partition coefficient (Wildman–Crippen LogP) is 0.292. The van der Waals surface area contributed by atoms with Crippen LogP contribution in [0.15, 0.2) is 30.5 Å². The molecule has 204 valence electrons. The summed E-state index contributed by atoms with van der Waals surface area (Å²) in [5.41, 5.74) is 13.1. The molecule has 0 spiro atoms. The van der Waals surface area contributed by atoms with E-state index >= 15 is 0 Å². The molecule has 1 aromatic carbocycles. The molecule has 4 unspecified atom stereocenters. The number of carboxylic acid groups (broad SMARTS) is 1. The van der Waals surface area contributed by atoms with Crippen LogP contribution in [0.2, 0.25) is 0 Å². The summed E-state index contributed by atoms with van der Waals surface area (Å²) < 4.78 is 0. The maximum atomic E-state index is 13.3. The lowest BCUT2D eigenvalue weighted by Crippen LogP contribution is -2.59. The van der Waals surface area contributed by atoms with Crippen molar-refractivity contribution in [2.75, 3.05) is 12.3 Å². The van der Waals surface area contributed by atoms with E-state index in [2.05, 4.69) is 33.6 Å². The Bertz CT molecular complexity index is 1070. The van der Waals surface area contributed by atoms with Gasteiger partial charge in [0.15, 0.2) is 0 Å². The highest BCUT2D eigenvalue weighted by Gasteiger charge is 2.32. The number of benzene rings is 1. The lowest BCUT2D eigenvalue weighted by molar-refractivity contribution is -0.141. The average molecular weight is 535 g/mol. The first-order chi connectivity index (χ1) is 17.6. The molecule has 0 aliphatic rings. The zero-order valence-electron chi connectivity index (χ0n) is 21.2. The number of aromatic nitrogens is 1. The van der Waals surface area contributed by atoms with Crippen molar-refractivity contribution in [2.24, 2.45) is 17.4 Å². The van der Waals surface area contributed by atoms with Crippen LogP contribution in [0.25, 0.3) is 10.9 Å². The number of thiol groups is 1. The van der Waals surface area contributed by atoms with Crippen LogP contribution >= 0.6 is 12.6 Å². The second-order valence-corrected chi connectivity index (χ2v) is 9.69. The average Bonchev–Trinajstić information content (AvgIpc) is 3.27. The molecule has 37 heavy (non-hydrogen) atoms. The van der Waals surface area contributed by atoms with Crippen molar-refractivity contribution in [3.8, 4) is 0 Å². The van der Waals surface area contributed by atoms with Gasteiger partial charge in [0.2, 0.25) is 17.7 Å². The van der Waals surface area contributed by atoms with Gasteiger partial charge in [-0.25, -0.2) is 4.79 Å². The number of unbranched alkanes of at least 4 members (excludes halogenated alkanes) is 1. The molecule has 0 fully saturated rings. The third kappa shape index (κ3) is 8.76. The lowest BCUT2D eigenvalue weighted by atomic mass is 9.99. The second-order valence-electron chi connectivity index (χ2n) is 9.33. The van der Waals surface area contributed by atoms with Crippen molar-refractivity contribution in [2.45, 2.75) is 63.7 Å². The van der Waals surface area contributed by atoms with E-state index in [1.807, 2.05) is 24.3 Å². The summed E-state index contributed by atoms with van der Waals surface area (Å²) in [6.07, 6.45) is 3.70. The molecule has 0 radical (unpaired) electrons. The largest absolute Gasteiger partial charge is 0.480 e. The highest BCUT2D eigenvalue weighted by Crippen LogP contribution is 2.19. The molecule has 0 aliphatic heterocycles. The summed E-state index contributed by atoms with van der Waals surface area (Å²) in [6, 6.07) is 3.41. The number of carboxylic acids is 1. The first kappa shape index (κ1) is 30.1. The standard InChI is InChI=1S/C25H38N6O5S/c1-14(2)21(31-22(32)17(27)8-5-6-10-26)24(34)29-19(23(33)30-20(13-37)25(35)36)11-15-12-28-18-9-4-3-7-16(15)18/h3-4,7,9,12,14,17,19-21,28,37H,5-6,8,10-11,13,26-27H2,1-2H3,(H,29,34)(H,30,33)(H,31,32)(H,35,36). The number of carbonyl (C=O) groups is 4. The van der Waals surface area contributed by atoms with Crippen LogP contribution in [0.1, 0.15) is 38.7 Å². The molecule has 0 bridgehead atoms. The van der Waals surface area contributed by atoms with E-state index in [1.54, 1.807) is 20.0 Å². The smallest absolute Gasteiger partial charge is 0.327 e. The van der Waals surface area contributed by atoms with Gasteiger partial charge in [0.05, 0.1) is 6.04 Å². The van der Waals surface area contributed by atoms with Gasteiger partial charge in [-0.1, -0.05) is 38.5 Å². The maximum Gasteiger partial charge on any atom is 0.327 e. The quantitative estimate of drug-likeness (QED) is 0.119. The van der Waals surface area contributed by atoms with Gasteiger partial charge in [0.1, 0.15) is 18.1 Å². The van der Waals surface area contributed by atoms with E-state index < -0.39 is 47.9 Å². The van der Waals surface area contributed by atoms with E-state index in [1.165, 1.54) is 0 Å². The summed E-state index contributed by atoms with van der Waals surface area (Å²) in [5.74, 6) is -3.38. The van der Waals surface area contributed by atoms with Crippen LogP contribution < -0.4 is 27.4 Å². The minimum absolute atomic E-state index is 0.0951. The Kier molecular flexibility index (Phi) is 11.9. The minimum atomic E-state index is -1.24. The van der Waals surface area contributed by atoms with Gasteiger partial charge in [-0.3, -0.25) is 14.4 Å². The summed E-state index contributed by atoms with van der Waals surface area (Å²) >= 11 is 4.00. The molecule has 0 aliphatic carbocycles. The minimum Gasteiger partial charge on any atom is -0.480 e. The van der Waals surface area contributed by atoms with Crippen LogP contribution in [0.3, 0.4) is 0 Å². The van der Waals surface area contributed by atoms with Crippen molar-refractivity contribution in [3.05, 3.63) is 36.0 Å². The Labute approximate surface area is 221 Å². The highest BCUT2D eigenvalue weighted by molar-refractivity contribution is 7.80. The SMILES string of the molecule is CC(C)C(NC(=O)C(N)CCCCN)C(=O)NC(Cc1c[nH]c2ccccc12)C(=O)NC(CS)C(=O)O. The molecule has 12 heteroatoms. The number of nitrogens with one attached hydrogen (secondary N) is 4. The molecule has 2 rings (SSSR count). The third-order valence-electron chi connectivity index (χ3n) is 6.08. The first-order valence-corrected chi connectivity index (χ1v) is 13.0. The first-order valence-electron chi connectivity index (χ1n) is 12.3. The zero-order chi connectivity index (χ0) is 27.5. The number of nitrogens with two attached hydrogens (primary N) is 2. The van der Waals surface area contributed by atoms with Gasteiger partial charge in [-0.15, -0.1) is 0 Å².